The second kappa shape index (κ2) is 4.96. The molecule has 0 saturated carbocycles. The molecule has 0 aromatic carbocycles. The standard InChI is InChI=1S/C15H18N6/c1-20-7-5-18-15(20)11-2-6-21(9-11)10-12-8-19-14-13(12)16-3-4-17-14/h3-5,7-8,11H,2,6,9-10H2,1H3,(H,17,19). The number of hydrogen-bond acceptors (Lipinski definition) is 4. The van der Waals surface area contributed by atoms with Crippen molar-refractivity contribution in [1.82, 2.24) is 29.4 Å². The average Bonchev–Trinajstić information content (AvgIpc) is 3.20. The zero-order valence-corrected chi connectivity index (χ0v) is 12.0. The van der Waals surface area contributed by atoms with Crippen LogP contribution in [-0.2, 0) is 13.6 Å². The van der Waals surface area contributed by atoms with E-state index in [2.05, 4.69) is 36.5 Å². The minimum atomic E-state index is 0.529. The van der Waals surface area contributed by atoms with Gasteiger partial charge < -0.3 is 9.55 Å². The van der Waals surface area contributed by atoms with Crippen LogP contribution in [0.2, 0.25) is 0 Å². The molecule has 3 aromatic heterocycles. The number of H-pyrrole nitrogens is 1. The molecule has 0 amide bonds. The lowest BCUT2D eigenvalue weighted by molar-refractivity contribution is 0.326. The maximum Gasteiger partial charge on any atom is 0.156 e. The molecule has 6 nitrogen and oxygen atoms in total. The highest BCUT2D eigenvalue weighted by Gasteiger charge is 2.27. The summed E-state index contributed by atoms with van der Waals surface area (Å²) in [5, 5.41) is 0. The predicted octanol–water partition coefficient (Wildman–Crippen LogP) is 1.68. The lowest BCUT2D eigenvalue weighted by atomic mass is 10.1. The highest BCUT2D eigenvalue weighted by Crippen LogP contribution is 2.27. The third-order valence-corrected chi connectivity index (χ3v) is 4.28. The van der Waals surface area contributed by atoms with Gasteiger partial charge in [-0.05, 0) is 13.0 Å². The van der Waals surface area contributed by atoms with E-state index in [9.17, 15) is 0 Å². The zero-order valence-electron chi connectivity index (χ0n) is 12.0. The molecule has 0 radical (unpaired) electrons. The highest BCUT2D eigenvalue weighted by atomic mass is 15.2. The SMILES string of the molecule is Cn1ccnc1C1CCN(Cc2c[nH]c3nccnc23)C1. The average molecular weight is 282 g/mol. The van der Waals surface area contributed by atoms with Crippen LogP contribution in [0.3, 0.4) is 0 Å². The van der Waals surface area contributed by atoms with E-state index in [1.165, 1.54) is 17.8 Å². The molecule has 4 rings (SSSR count). The van der Waals surface area contributed by atoms with E-state index in [1.807, 2.05) is 18.6 Å². The number of aromatic amines is 1. The summed E-state index contributed by atoms with van der Waals surface area (Å²) >= 11 is 0. The molecule has 1 saturated heterocycles. The van der Waals surface area contributed by atoms with E-state index in [1.54, 1.807) is 12.4 Å². The summed E-state index contributed by atoms with van der Waals surface area (Å²) in [6, 6.07) is 0. The van der Waals surface area contributed by atoms with E-state index in [4.69, 9.17) is 0 Å². The number of hydrogen-bond donors (Lipinski definition) is 1. The fourth-order valence-corrected chi connectivity index (χ4v) is 3.22. The van der Waals surface area contributed by atoms with Gasteiger partial charge in [0.25, 0.3) is 0 Å². The highest BCUT2D eigenvalue weighted by molar-refractivity contribution is 5.74. The smallest absolute Gasteiger partial charge is 0.156 e. The first kappa shape index (κ1) is 12.5. The van der Waals surface area contributed by atoms with Gasteiger partial charge in [-0.15, -0.1) is 0 Å². The molecular formula is C15H18N6. The maximum absolute atomic E-state index is 4.49. The van der Waals surface area contributed by atoms with Gasteiger partial charge in [0.2, 0.25) is 0 Å². The number of aromatic nitrogens is 5. The fourth-order valence-electron chi connectivity index (χ4n) is 3.22. The molecule has 1 N–H and O–H groups in total. The molecule has 0 spiro atoms. The van der Waals surface area contributed by atoms with Gasteiger partial charge in [0.15, 0.2) is 5.65 Å². The normalized spacial score (nSPS) is 19.6. The lowest BCUT2D eigenvalue weighted by Gasteiger charge is -2.15. The Kier molecular flexibility index (Phi) is 2.96. The summed E-state index contributed by atoms with van der Waals surface area (Å²) in [6.45, 7) is 3.07. The van der Waals surface area contributed by atoms with Crippen LogP contribution in [0.25, 0.3) is 11.2 Å². The van der Waals surface area contributed by atoms with Crippen molar-refractivity contribution in [3.8, 4) is 0 Å². The molecule has 108 valence electrons. The Bertz CT molecular complexity index is 758. The number of imidazole rings is 1. The minimum Gasteiger partial charge on any atom is -0.344 e. The first-order chi connectivity index (χ1) is 10.3. The van der Waals surface area contributed by atoms with Crippen LogP contribution in [0.4, 0.5) is 0 Å². The van der Waals surface area contributed by atoms with E-state index >= 15 is 0 Å². The van der Waals surface area contributed by atoms with Gasteiger partial charge in [-0.25, -0.2) is 9.97 Å². The van der Waals surface area contributed by atoms with Crippen molar-refractivity contribution in [2.75, 3.05) is 13.1 Å². The van der Waals surface area contributed by atoms with Gasteiger partial charge in [0, 0.05) is 62.6 Å². The largest absolute Gasteiger partial charge is 0.344 e. The summed E-state index contributed by atoms with van der Waals surface area (Å²) in [5.74, 6) is 1.72. The van der Waals surface area contributed by atoms with E-state index in [-0.39, 0.29) is 0 Å². The van der Waals surface area contributed by atoms with Gasteiger partial charge in [-0.3, -0.25) is 9.88 Å². The molecule has 4 heterocycles. The Balaban J connectivity index is 1.50. The molecule has 1 fully saturated rings. The van der Waals surface area contributed by atoms with Crippen LogP contribution < -0.4 is 0 Å². The summed E-state index contributed by atoms with van der Waals surface area (Å²) in [7, 11) is 2.07. The second-order valence-electron chi connectivity index (χ2n) is 5.68. The number of nitrogens with zero attached hydrogens (tertiary/aromatic N) is 5. The zero-order chi connectivity index (χ0) is 14.2. The molecule has 1 unspecified atom stereocenters. The molecule has 1 atom stereocenters. The van der Waals surface area contributed by atoms with Crippen LogP contribution in [0.5, 0.6) is 0 Å². The van der Waals surface area contributed by atoms with E-state index < -0.39 is 0 Å². The van der Waals surface area contributed by atoms with E-state index in [0.717, 1.165) is 30.8 Å². The van der Waals surface area contributed by atoms with Crippen LogP contribution in [0, 0.1) is 0 Å². The molecule has 1 aliphatic heterocycles. The molecule has 6 heteroatoms. The van der Waals surface area contributed by atoms with Crippen molar-refractivity contribution in [2.45, 2.75) is 18.9 Å². The summed E-state index contributed by atoms with van der Waals surface area (Å²) in [4.78, 5) is 18.9. The quantitative estimate of drug-likeness (QED) is 0.794. The van der Waals surface area contributed by atoms with Gasteiger partial charge in [0.1, 0.15) is 11.3 Å². The first-order valence-corrected chi connectivity index (χ1v) is 7.28. The second-order valence-corrected chi connectivity index (χ2v) is 5.68. The topological polar surface area (TPSA) is 62.6 Å². The Morgan fingerprint density at radius 2 is 2.14 bits per heavy atom. The van der Waals surface area contributed by atoms with Crippen LogP contribution >= 0.6 is 0 Å². The number of nitrogens with one attached hydrogen (secondary N) is 1. The van der Waals surface area contributed by atoms with Gasteiger partial charge in [-0.1, -0.05) is 0 Å². The van der Waals surface area contributed by atoms with Crippen LogP contribution in [-0.4, -0.2) is 42.5 Å². The molecule has 3 aromatic rings. The van der Waals surface area contributed by atoms with Crippen molar-refractivity contribution in [1.29, 1.82) is 0 Å². The monoisotopic (exact) mass is 282 g/mol. The molecule has 21 heavy (non-hydrogen) atoms. The Morgan fingerprint density at radius 3 is 3.00 bits per heavy atom. The van der Waals surface area contributed by atoms with Gasteiger partial charge in [-0.2, -0.15) is 0 Å². The van der Waals surface area contributed by atoms with Crippen molar-refractivity contribution in [3.05, 3.63) is 42.4 Å². The van der Waals surface area contributed by atoms with Crippen LogP contribution in [0.1, 0.15) is 23.7 Å². The molecule has 1 aliphatic rings. The maximum atomic E-state index is 4.49. The van der Waals surface area contributed by atoms with Gasteiger partial charge in [0.05, 0.1) is 0 Å². The minimum absolute atomic E-state index is 0.529. The predicted molar refractivity (Wildman–Crippen MR) is 79.7 cm³/mol. The van der Waals surface area contributed by atoms with Crippen molar-refractivity contribution >= 4 is 11.2 Å². The Hall–Kier alpha value is -2.21. The summed E-state index contributed by atoms with van der Waals surface area (Å²) in [5.41, 5.74) is 3.07. The first-order valence-electron chi connectivity index (χ1n) is 7.28. The van der Waals surface area contributed by atoms with Crippen molar-refractivity contribution < 1.29 is 0 Å². The number of fused-ring (bicyclic) bond motifs is 1. The lowest BCUT2D eigenvalue weighted by Crippen LogP contribution is -2.20. The Morgan fingerprint density at radius 1 is 1.24 bits per heavy atom. The summed E-state index contributed by atoms with van der Waals surface area (Å²) in [6.07, 6.45) is 10.6. The summed E-state index contributed by atoms with van der Waals surface area (Å²) < 4.78 is 2.13. The molecule has 0 bridgehead atoms. The fraction of sp³-hybridized carbons (Fsp3) is 0.400. The van der Waals surface area contributed by atoms with Crippen molar-refractivity contribution in [2.24, 2.45) is 7.05 Å². The number of likely N-dealkylation sites (tertiary alicyclic amines) is 1. The van der Waals surface area contributed by atoms with E-state index in [0.29, 0.717) is 5.92 Å². The number of rotatable bonds is 3. The van der Waals surface area contributed by atoms with Gasteiger partial charge >= 0.3 is 0 Å². The third kappa shape index (κ3) is 2.21. The third-order valence-electron chi connectivity index (χ3n) is 4.28. The molecule has 0 aliphatic carbocycles. The number of aryl methyl sites for hydroxylation is 1. The van der Waals surface area contributed by atoms with Crippen LogP contribution in [0.15, 0.2) is 31.0 Å². The van der Waals surface area contributed by atoms with Crippen molar-refractivity contribution in [3.63, 3.8) is 0 Å². The Labute approximate surface area is 122 Å². The molecular weight excluding hydrogens is 264 g/mol.